The first-order valence-corrected chi connectivity index (χ1v) is 9.72. The first-order chi connectivity index (χ1) is 12.1. The Bertz CT molecular complexity index is 552. The van der Waals surface area contributed by atoms with E-state index in [0.29, 0.717) is 12.8 Å². The van der Waals surface area contributed by atoms with Gasteiger partial charge in [0.1, 0.15) is 0 Å². The Kier molecular flexibility index (Phi) is 7.96. The highest BCUT2D eigenvalue weighted by Gasteiger charge is 2.21. The van der Waals surface area contributed by atoms with Crippen molar-refractivity contribution in [2.24, 2.45) is 5.92 Å². The lowest BCUT2D eigenvalue weighted by molar-refractivity contribution is -0.120. The van der Waals surface area contributed by atoms with Crippen molar-refractivity contribution < 1.29 is 9.59 Å². The number of anilines is 1. The highest BCUT2D eigenvalue weighted by atomic mass is 16.2. The standard InChI is InChI=1S/C21H32N2O2/c1-17(2)8-5-3-4-6-14-22-20(24)16-18-10-12-19(13-11-18)23-15-7-9-21(23)25/h10-13,17H,3-9,14-16H2,1-2H3,(H,22,24). The van der Waals surface area contributed by atoms with E-state index in [9.17, 15) is 9.59 Å². The lowest BCUT2D eigenvalue weighted by atomic mass is 10.0. The minimum Gasteiger partial charge on any atom is -0.356 e. The number of benzene rings is 1. The van der Waals surface area contributed by atoms with Gasteiger partial charge in [0.05, 0.1) is 6.42 Å². The zero-order chi connectivity index (χ0) is 18.1. The number of nitrogens with one attached hydrogen (secondary N) is 1. The molecule has 0 atom stereocenters. The van der Waals surface area contributed by atoms with Crippen LogP contribution < -0.4 is 10.2 Å². The number of hydrogen-bond donors (Lipinski definition) is 1. The normalized spacial score (nSPS) is 14.4. The first kappa shape index (κ1) is 19.5. The summed E-state index contributed by atoms with van der Waals surface area (Å²) in [4.78, 5) is 25.6. The lowest BCUT2D eigenvalue weighted by Gasteiger charge is -2.15. The van der Waals surface area contributed by atoms with E-state index in [1.54, 1.807) is 0 Å². The zero-order valence-corrected chi connectivity index (χ0v) is 15.7. The summed E-state index contributed by atoms with van der Waals surface area (Å²) in [6.07, 6.45) is 8.06. The Balaban J connectivity index is 1.63. The number of carbonyl (C=O) groups excluding carboxylic acids is 2. The van der Waals surface area contributed by atoms with Crippen LogP contribution in [0.4, 0.5) is 5.69 Å². The van der Waals surface area contributed by atoms with Crippen LogP contribution in [0.2, 0.25) is 0 Å². The monoisotopic (exact) mass is 344 g/mol. The summed E-state index contributed by atoms with van der Waals surface area (Å²) in [7, 11) is 0. The third kappa shape index (κ3) is 6.89. The molecule has 0 unspecified atom stereocenters. The maximum Gasteiger partial charge on any atom is 0.227 e. The number of hydrogen-bond acceptors (Lipinski definition) is 2. The van der Waals surface area contributed by atoms with Gasteiger partial charge >= 0.3 is 0 Å². The molecule has 0 spiro atoms. The molecule has 4 heteroatoms. The largest absolute Gasteiger partial charge is 0.356 e. The lowest BCUT2D eigenvalue weighted by Crippen LogP contribution is -2.26. The summed E-state index contributed by atoms with van der Waals surface area (Å²) >= 11 is 0. The molecule has 1 aliphatic rings. The molecule has 0 saturated carbocycles. The van der Waals surface area contributed by atoms with Gasteiger partial charge in [0.2, 0.25) is 11.8 Å². The maximum absolute atomic E-state index is 12.0. The fourth-order valence-electron chi connectivity index (χ4n) is 3.22. The van der Waals surface area contributed by atoms with Crippen LogP contribution in [0, 0.1) is 5.92 Å². The molecule has 138 valence electrons. The second-order valence-electron chi connectivity index (χ2n) is 7.44. The highest BCUT2D eigenvalue weighted by Crippen LogP contribution is 2.21. The SMILES string of the molecule is CC(C)CCCCCCNC(=O)Cc1ccc(N2CCCC2=O)cc1. The van der Waals surface area contributed by atoms with Gasteiger partial charge in [-0.15, -0.1) is 0 Å². The fraction of sp³-hybridized carbons (Fsp3) is 0.619. The summed E-state index contributed by atoms with van der Waals surface area (Å²) in [5.74, 6) is 1.06. The van der Waals surface area contributed by atoms with Crippen molar-refractivity contribution in [3.8, 4) is 0 Å². The average Bonchev–Trinajstić information content (AvgIpc) is 3.00. The number of amides is 2. The Morgan fingerprint density at radius 2 is 1.84 bits per heavy atom. The molecule has 2 rings (SSSR count). The number of nitrogens with zero attached hydrogens (tertiary/aromatic N) is 1. The van der Waals surface area contributed by atoms with Crippen molar-refractivity contribution in [3.05, 3.63) is 29.8 Å². The van der Waals surface area contributed by atoms with Crippen LogP contribution in [0.5, 0.6) is 0 Å². The molecule has 1 saturated heterocycles. The molecule has 0 aliphatic carbocycles. The summed E-state index contributed by atoms with van der Waals surface area (Å²) in [5.41, 5.74) is 1.93. The Morgan fingerprint density at radius 1 is 1.12 bits per heavy atom. The van der Waals surface area contributed by atoms with Gasteiger partial charge in [0.25, 0.3) is 0 Å². The van der Waals surface area contributed by atoms with Crippen LogP contribution in [0.1, 0.15) is 64.4 Å². The molecular formula is C21H32N2O2. The minimum absolute atomic E-state index is 0.0761. The molecule has 1 aromatic carbocycles. The molecular weight excluding hydrogens is 312 g/mol. The molecule has 2 amide bonds. The Morgan fingerprint density at radius 3 is 2.48 bits per heavy atom. The second kappa shape index (κ2) is 10.2. The third-order valence-corrected chi connectivity index (χ3v) is 4.72. The van der Waals surface area contributed by atoms with Crippen molar-refractivity contribution in [3.63, 3.8) is 0 Å². The van der Waals surface area contributed by atoms with E-state index in [2.05, 4.69) is 19.2 Å². The van der Waals surface area contributed by atoms with Gasteiger partial charge in [-0.1, -0.05) is 51.7 Å². The van der Waals surface area contributed by atoms with Crippen LogP contribution in [-0.2, 0) is 16.0 Å². The second-order valence-corrected chi connectivity index (χ2v) is 7.44. The summed E-state index contributed by atoms with van der Waals surface area (Å²) in [5, 5.41) is 3.00. The van der Waals surface area contributed by atoms with E-state index in [1.165, 1.54) is 25.7 Å². The molecule has 1 aliphatic heterocycles. The Labute approximate surface area is 152 Å². The third-order valence-electron chi connectivity index (χ3n) is 4.72. The molecule has 1 fully saturated rings. The van der Waals surface area contributed by atoms with E-state index >= 15 is 0 Å². The summed E-state index contributed by atoms with van der Waals surface area (Å²) in [6, 6.07) is 7.79. The Hall–Kier alpha value is -1.84. The molecule has 4 nitrogen and oxygen atoms in total. The van der Waals surface area contributed by atoms with Gasteiger partial charge in [-0.3, -0.25) is 9.59 Å². The van der Waals surface area contributed by atoms with Crippen molar-refractivity contribution in [2.45, 2.75) is 65.2 Å². The number of carbonyl (C=O) groups is 2. The van der Waals surface area contributed by atoms with Crippen LogP contribution >= 0.6 is 0 Å². The van der Waals surface area contributed by atoms with Crippen molar-refractivity contribution in [1.82, 2.24) is 5.32 Å². The highest BCUT2D eigenvalue weighted by molar-refractivity contribution is 5.95. The molecule has 25 heavy (non-hydrogen) atoms. The van der Waals surface area contributed by atoms with Gasteiger partial charge in [0.15, 0.2) is 0 Å². The topological polar surface area (TPSA) is 49.4 Å². The molecule has 0 radical (unpaired) electrons. The number of unbranched alkanes of at least 4 members (excludes halogenated alkanes) is 3. The van der Waals surface area contributed by atoms with Gasteiger partial charge in [0, 0.05) is 25.2 Å². The van der Waals surface area contributed by atoms with Gasteiger partial charge in [-0.2, -0.15) is 0 Å². The van der Waals surface area contributed by atoms with E-state index in [4.69, 9.17) is 0 Å². The number of rotatable bonds is 10. The van der Waals surface area contributed by atoms with Crippen LogP contribution in [-0.4, -0.2) is 24.9 Å². The van der Waals surface area contributed by atoms with Crippen molar-refractivity contribution >= 4 is 17.5 Å². The first-order valence-electron chi connectivity index (χ1n) is 9.72. The van der Waals surface area contributed by atoms with Crippen molar-refractivity contribution in [1.29, 1.82) is 0 Å². The van der Waals surface area contributed by atoms with E-state index in [-0.39, 0.29) is 11.8 Å². The molecule has 0 bridgehead atoms. The van der Waals surface area contributed by atoms with Gasteiger partial charge in [-0.25, -0.2) is 0 Å². The van der Waals surface area contributed by atoms with E-state index in [0.717, 1.165) is 43.1 Å². The molecule has 1 aromatic rings. The molecule has 1 heterocycles. The molecule has 1 N–H and O–H groups in total. The van der Waals surface area contributed by atoms with Gasteiger partial charge < -0.3 is 10.2 Å². The molecule has 0 aromatic heterocycles. The smallest absolute Gasteiger partial charge is 0.227 e. The predicted molar refractivity (Wildman–Crippen MR) is 103 cm³/mol. The summed E-state index contributed by atoms with van der Waals surface area (Å²) in [6.45, 7) is 6.09. The zero-order valence-electron chi connectivity index (χ0n) is 15.7. The minimum atomic E-state index is 0.0761. The van der Waals surface area contributed by atoms with Crippen LogP contribution in [0.3, 0.4) is 0 Å². The average molecular weight is 344 g/mol. The van der Waals surface area contributed by atoms with Gasteiger partial charge in [-0.05, 0) is 36.5 Å². The van der Waals surface area contributed by atoms with Crippen LogP contribution in [0.25, 0.3) is 0 Å². The quantitative estimate of drug-likeness (QED) is 0.650. The van der Waals surface area contributed by atoms with Crippen LogP contribution in [0.15, 0.2) is 24.3 Å². The predicted octanol–water partition coefficient (Wildman–Crippen LogP) is 4.08. The van der Waals surface area contributed by atoms with E-state index in [1.807, 2.05) is 29.2 Å². The van der Waals surface area contributed by atoms with E-state index < -0.39 is 0 Å². The summed E-state index contributed by atoms with van der Waals surface area (Å²) < 4.78 is 0. The van der Waals surface area contributed by atoms with Crippen molar-refractivity contribution in [2.75, 3.05) is 18.0 Å². The maximum atomic E-state index is 12.0. The fourth-order valence-corrected chi connectivity index (χ4v) is 3.22.